The van der Waals surface area contributed by atoms with E-state index >= 15 is 0 Å². The molecule has 0 radical (unpaired) electrons. The van der Waals surface area contributed by atoms with E-state index in [0.29, 0.717) is 5.56 Å². The summed E-state index contributed by atoms with van der Waals surface area (Å²) in [5.41, 5.74) is 1.52. The molecule has 0 atom stereocenters. The second-order valence-electron chi connectivity index (χ2n) is 2.96. The van der Waals surface area contributed by atoms with Gasteiger partial charge in [0, 0.05) is 17.3 Å². The largest absolute Gasteiger partial charge is 0.478 e. The summed E-state index contributed by atoms with van der Waals surface area (Å²) in [6.07, 6.45) is 3.25. The summed E-state index contributed by atoms with van der Waals surface area (Å²) in [4.78, 5) is 10.8. The Morgan fingerprint density at radius 2 is 2.27 bits per heavy atom. The van der Waals surface area contributed by atoms with E-state index in [4.69, 9.17) is 16.7 Å². The second kappa shape index (κ2) is 3.74. The third-order valence-corrected chi connectivity index (χ3v) is 2.45. The molecular weight excluding hydrogens is 216 g/mol. The van der Waals surface area contributed by atoms with Gasteiger partial charge in [0.1, 0.15) is 0 Å². The average Bonchev–Trinajstić information content (AvgIpc) is 2.70. The first-order chi connectivity index (χ1) is 7.20. The van der Waals surface area contributed by atoms with Crippen LogP contribution in [-0.2, 0) is 0 Å². The van der Waals surface area contributed by atoms with Crippen molar-refractivity contribution >= 4 is 17.6 Å². The Bertz CT molecular complexity index is 494. The molecule has 2 rings (SSSR count). The second-order valence-corrected chi connectivity index (χ2v) is 3.34. The van der Waals surface area contributed by atoms with Gasteiger partial charge < -0.3 is 5.11 Å². The van der Waals surface area contributed by atoms with Crippen LogP contribution in [0.1, 0.15) is 10.4 Å². The SMILES string of the molecule is O=C(O)c1cccc(-c2cn[nH]c2)c1Cl. The van der Waals surface area contributed by atoms with E-state index in [-0.39, 0.29) is 10.6 Å². The first-order valence-corrected chi connectivity index (χ1v) is 4.59. The summed E-state index contributed by atoms with van der Waals surface area (Å²) in [5.74, 6) is -1.04. The fraction of sp³-hybridized carbons (Fsp3) is 0. The zero-order valence-corrected chi connectivity index (χ0v) is 8.32. The zero-order valence-electron chi connectivity index (χ0n) is 7.57. The molecule has 0 aliphatic rings. The number of carboxylic acid groups (broad SMARTS) is 1. The summed E-state index contributed by atoms with van der Waals surface area (Å²) >= 11 is 5.97. The molecule has 0 aliphatic carbocycles. The Morgan fingerprint density at radius 3 is 2.87 bits per heavy atom. The molecule has 0 saturated heterocycles. The third-order valence-electron chi connectivity index (χ3n) is 2.04. The Kier molecular flexibility index (Phi) is 2.43. The summed E-state index contributed by atoms with van der Waals surface area (Å²) < 4.78 is 0. The van der Waals surface area contributed by atoms with Crippen molar-refractivity contribution in [3.8, 4) is 11.1 Å². The lowest BCUT2D eigenvalue weighted by atomic mass is 10.1. The highest BCUT2D eigenvalue weighted by molar-refractivity contribution is 6.36. The molecule has 1 heterocycles. The number of halogens is 1. The smallest absolute Gasteiger partial charge is 0.337 e. The Morgan fingerprint density at radius 1 is 1.47 bits per heavy atom. The molecule has 0 amide bonds. The van der Waals surface area contributed by atoms with Gasteiger partial charge in [-0.3, -0.25) is 5.10 Å². The maximum absolute atomic E-state index is 10.8. The minimum atomic E-state index is -1.04. The van der Waals surface area contributed by atoms with Crippen LogP contribution in [0.4, 0.5) is 0 Å². The molecule has 0 spiro atoms. The van der Waals surface area contributed by atoms with Crippen molar-refractivity contribution in [2.24, 2.45) is 0 Å². The van der Waals surface area contributed by atoms with Crippen molar-refractivity contribution < 1.29 is 9.90 Å². The van der Waals surface area contributed by atoms with Gasteiger partial charge in [-0.15, -0.1) is 0 Å². The van der Waals surface area contributed by atoms with Crippen molar-refractivity contribution in [3.05, 3.63) is 41.2 Å². The maximum Gasteiger partial charge on any atom is 0.337 e. The van der Waals surface area contributed by atoms with Crippen molar-refractivity contribution in [1.29, 1.82) is 0 Å². The standard InChI is InChI=1S/C10H7ClN2O2/c11-9-7(6-4-12-13-5-6)2-1-3-8(9)10(14)15/h1-5H,(H,12,13)(H,14,15). The molecule has 1 aromatic heterocycles. The number of benzene rings is 1. The van der Waals surface area contributed by atoms with Crippen molar-refractivity contribution in [3.63, 3.8) is 0 Å². The predicted octanol–water partition coefficient (Wildman–Crippen LogP) is 2.43. The summed E-state index contributed by atoms with van der Waals surface area (Å²) in [7, 11) is 0. The highest BCUT2D eigenvalue weighted by atomic mass is 35.5. The molecule has 4 nitrogen and oxygen atoms in total. The summed E-state index contributed by atoms with van der Waals surface area (Å²) in [6, 6.07) is 4.87. The van der Waals surface area contributed by atoms with Crippen molar-refractivity contribution in [2.45, 2.75) is 0 Å². The Hall–Kier alpha value is -1.81. The fourth-order valence-corrected chi connectivity index (χ4v) is 1.63. The van der Waals surface area contributed by atoms with Crippen LogP contribution in [0.25, 0.3) is 11.1 Å². The molecule has 1 aromatic carbocycles. The number of aromatic nitrogens is 2. The average molecular weight is 223 g/mol. The van der Waals surface area contributed by atoms with Gasteiger partial charge >= 0.3 is 5.97 Å². The molecule has 0 saturated carbocycles. The zero-order chi connectivity index (χ0) is 10.8. The van der Waals surface area contributed by atoms with Crippen LogP contribution in [0.3, 0.4) is 0 Å². The van der Waals surface area contributed by atoms with Crippen molar-refractivity contribution in [1.82, 2.24) is 10.2 Å². The predicted molar refractivity (Wildman–Crippen MR) is 56.0 cm³/mol. The van der Waals surface area contributed by atoms with Crippen LogP contribution < -0.4 is 0 Å². The van der Waals surface area contributed by atoms with Crippen LogP contribution in [0.5, 0.6) is 0 Å². The Balaban J connectivity index is 2.59. The molecule has 0 aliphatic heterocycles. The monoisotopic (exact) mass is 222 g/mol. The number of hydrogen-bond donors (Lipinski definition) is 2. The van der Waals surface area contributed by atoms with Gasteiger partial charge in [0.25, 0.3) is 0 Å². The molecule has 76 valence electrons. The number of carboxylic acids is 1. The van der Waals surface area contributed by atoms with Crippen LogP contribution in [0.15, 0.2) is 30.6 Å². The van der Waals surface area contributed by atoms with Gasteiger partial charge in [-0.25, -0.2) is 4.79 Å². The van der Waals surface area contributed by atoms with Gasteiger partial charge in [0.15, 0.2) is 0 Å². The molecule has 2 N–H and O–H groups in total. The number of aromatic amines is 1. The summed E-state index contributed by atoms with van der Waals surface area (Å²) in [5, 5.41) is 15.5. The lowest BCUT2D eigenvalue weighted by Gasteiger charge is -2.03. The number of hydrogen-bond acceptors (Lipinski definition) is 2. The van der Waals surface area contributed by atoms with E-state index in [1.165, 1.54) is 6.07 Å². The Labute approximate surface area is 90.5 Å². The normalized spacial score (nSPS) is 10.2. The first kappa shape index (κ1) is 9.73. The summed E-state index contributed by atoms with van der Waals surface area (Å²) in [6.45, 7) is 0. The maximum atomic E-state index is 10.8. The topological polar surface area (TPSA) is 66.0 Å². The van der Waals surface area contributed by atoms with E-state index in [1.54, 1.807) is 24.5 Å². The van der Waals surface area contributed by atoms with Crippen LogP contribution in [0.2, 0.25) is 5.02 Å². The molecule has 0 bridgehead atoms. The van der Waals surface area contributed by atoms with E-state index < -0.39 is 5.97 Å². The van der Waals surface area contributed by atoms with Crippen molar-refractivity contribution in [2.75, 3.05) is 0 Å². The number of carbonyl (C=O) groups is 1. The van der Waals surface area contributed by atoms with E-state index in [2.05, 4.69) is 10.2 Å². The lowest BCUT2D eigenvalue weighted by Crippen LogP contribution is -1.97. The van der Waals surface area contributed by atoms with Gasteiger partial charge in [0.2, 0.25) is 0 Å². The quantitative estimate of drug-likeness (QED) is 0.820. The number of rotatable bonds is 2. The van der Waals surface area contributed by atoms with E-state index in [9.17, 15) is 4.79 Å². The van der Waals surface area contributed by atoms with E-state index in [1.807, 2.05) is 0 Å². The van der Waals surface area contributed by atoms with E-state index in [0.717, 1.165) is 5.56 Å². The highest BCUT2D eigenvalue weighted by Crippen LogP contribution is 2.29. The number of nitrogens with one attached hydrogen (secondary N) is 1. The molecular formula is C10H7ClN2O2. The third kappa shape index (κ3) is 1.71. The van der Waals surface area contributed by atoms with Gasteiger partial charge in [-0.1, -0.05) is 23.7 Å². The lowest BCUT2D eigenvalue weighted by molar-refractivity contribution is 0.0697. The van der Waals surface area contributed by atoms with Gasteiger partial charge in [-0.05, 0) is 6.07 Å². The minimum Gasteiger partial charge on any atom is -0.478 e. The minimum absolute atomic E-state index is 0.0929. The first-order valence-electron chi connectivity index (χ1n) is 4.21. The van der Waals surface area contributed by atoms with Gasteiger partial charge in [-0.2, -0.15) is 5.10 Å². The fourth-order valence-electron chi connectivity index (χ4n) is 1.32. The molecule has 0 unspecified atom stereocenters. The number of aromatic carboxylic acids is 1. The molecule has 5 heteroatoms. The van der Waals surface area contributed by atoms with Gasteiger partial charge in [0.05, 0.1) is 16.8 Å². The molecule has 2 aromatic rings. The van der Waals surface area contributed by atoms with Crippen LogP contribution in [-0.4, -0.2) is 21.3 Å². The van der Waals surface area contributed by atoms with Crippen LogP contribution in [0, 0.1) is 0 Å². The highest BCUT2D eigenvalue weighted by Gasteiger charge is 2.13. The number of nitrogens with zero attached hydrogens (tertiary/aromatic N) is 1. The molecule has 0 fully saturated rings. The number of H-pyrrole nitrogens is 1. The van der Waals surface area contributed by atoms with Crippen LogP contribution >= 0.6 is 11.6 Å². The molecule has 15 heavy (non-hydrogen) atoms.